The molecule has 3 heterocycles. The van der Waals surface area contributed by atoms with E-state index in [4.69, 9.17) is 9.47 Å². The summed E-state index contributed by atoms with van der Waals surface area (Å²) < 4.78 is 12.4. The van der Waals surface area contributed by atoms with Gasteiger partial charge in [0.2, 0.25) is 0 Å². The molecule has 28 heavy (non-hydrogen) atoms. The van der Waals surface area contributed by atoms with Crippen LogP contribution in [0.1, 0.15) is 35.8 Å². The van der Waals surface area contributed by atoms with Gasteiger partial charge in [-0.2, -0.15) is 5.10 Å². The number of carbonyl (C=O) groups is 1. The van der Waals surface area contributed by atoms with E-state index >= 15 is 0 Å². The number of amides is 1. The highest BCUT2D eigenvalue weighted by molar-refractivity contribution is 6.10. The average molecular weight is 378 g/mol. The van der Waals surface area contributed by atoms with Crippen LogP contribution in [0.15, 0.2) is 42.9 Å². The maximum Gasteiger partial charge on any atom is 0.259 e. The van der Waals surface area contributed by atoms with Crippen LogP contribution in [-0.4, -0.2) is 34.9 Å². The van der Waals surface area contributed by atoms with Crippen LogP contribution in [0.25, 0.3) is 11.1 Å². The smallest absolute Gasteiger partial charge is 0.259 e. The number of methoxy groups -OCH3 is 2. The van der Waals surface area contributed by atoms with Crippen molar-refractivity contribution in [3.63, 3.8) is 0 Å². The van der Waals surface area contributed by atoms with E-state index in [-0.39, 0.29) is 11.9 Å². The maximum absolute atomic E-state index is 12.8. The molecule has 7 nitrogen and oxygen atoms in total. The number of pyridine rings is 1. The number of hydrogen-bond acceptors (Lipinski definition) is 5. The Kier molecular flexibility index (Phi) is 4.50. The summed E-state index contributed by atoms with van der Waals surface area (Å²) in [6.45, 7) is 4.63. The zero-order valence-corrected chi connectivity index (χ0v) is 16.3. The number of ether oxygens (including phenoxy) is 2. The molecule has 0 saturated carbocycles. The molecular weight excluding hydrogens is 356 g/mol. The highest BCUT2D eigenvalue weighted by atomic mass is 16.5. The third-order valence-corrected chi connectivity index (χ3v) is 4.90. The van der Waals surface area contributed by atoms with E-state index in [9.17, 15) is 4.79 Å². The van der Waals surface area contributed by atoms with Crippen molar-refractivity contribution in [2.75, 3.05) is 19.1 Å². The topological polar surface area (TPSA) is 69.5 Å². The van der Waals surface area contributed by atoms with Gasteiger partial charge in [-0.1, -0.05) is 6.07 Å². The fourth-order valence-corrected chi connectivity index (χ4v) is 3.35. The second-order valence-electron chi connectivity index (χ2n) is 6.97. The molecule has 1 aliphatic rings. The first-order chi connectivity index (χ1) is 13.5. The molecule has 0 aliphatic carbocycles. The summed E-state index contributed by atoms with van der Waals surface area (Å²) in [6, 6.07) is 7.97. The predicted molar refractivity (Wildman–Crippen MR) is 106 cm³/mol. The molecule has 0 spiro atoms. The van der Waals surface area contributed by atoms with Gasteiger partial charge in [-0.05, 0) is 43.2 Å². The Morgan fingerprint density at radius 3 is 2.57 bits per heavy atom. The van der Waals surface area contributed by atoms with Crippen LogP contribution in [0.2, 0.25) is 0 Å². The van der Waals surface area contributed by atoms with Gasteiger partial charge in [0.25, 0.3) is 11.8 Å². The molecule has 1 aliphatic heterocycles. The molecule has 0 unspecified atom stereocenters. The van der Waals surface area contributed by atoms with Crippen LogP contribution in [0.4, 0.5) is 5.69 Å². The van der Waals surface area contributed by atoms with E-state index in [0.717, 1.165) is 27.9 Å². The molecule has 3 aromatic rings. The number of nitrogens with zero attached hydrogens (tertiary/aromatic N) is 4. The molecule has 1 amide bonds. The van der Waals surface area contributed by atoms with Crippen molar-refractivity contribution in [2.24, 2.45) is 0 Å². The summed E-state index contributed by atoms with van der Waals surface area (Å²) in [5.41, 5.74) is 4.38. The summed E-state index contributed by atoms with van der Waals surface area (Å²) in [4.78, 5) is 18.9. The molecule has 0 bridgehead atoms. The molecule has 144 valence electrons. The molecule has 4 rings (SSSR count). The number of aromatic nitrogens is 3. The molecule has 0 fully saturated rings. The molecular formula is C21H22N4O3. The number of fused-ring (bicyclic) bond motifs is 1. The van der Waals surface area contributed by atoms with E-state index in [1.807, 2.05) is 35.1 Å². The Balaban J connectivity index is 1.65. The fourth-order valence-electron chi connectivity index (χ4n) is 3.35. The largest absolute Gasteiger partial charge is 0.491 e. The van der Waals surface area contributed by atoms with Crippen LogP contribution in [0.5, 0.6) is 11.6 Å². The lowest BCUT2D eigenvalue weighted by atomic mass is 10.0. The Labute approximate surface area is 163 Å². The number of carbonyl (C=O) groups excluding carboxylic acids is 1. The molecule has 1 aromatic carbocycles. The highest BCUT2D eigenvalue weighted by Crippen LogP contribution is 2.34. The quantitative estimate of drug-likeness (QED) is 0.677. The summed E-state index contributed by atoms with van der Waals surface area (Å²) in [7, 11) is 3.14. The first-order valence-electron chi connectivity index (χ1n) is 9.09. The van der Waals surface area contributed by atoms with Crippen molar-refractivity contribution in [2.45, 2.75) is 26.4 Å². The SMILES string of the molecule is COc1cc(-c2ccc3c(c2)CN(c2cnn(C(C)C)c2)C3=O)cnc1OC. The Hall–Kier alpha value is -3.35. The lowest BCUT2D eigenvalue weighted by Gasteiger charge is -2.12. The summed E-state index contributed by atoms with van der Waals surface area (Å²) in [6.07, 6.45) is 5.39. The van der Waals surface area contributed by atoms with Crippen molar-refractivity contribution in [1.82, 2.24) is 14.8 Å². The van der Waals surface area contributed by atoms with Gasteiger partial charge in [0.1, 0.15) is 0 Å². The van der Waals surface area contributed by atoms with Crippen LogP contribution in [0.3, 0.4) is 0 Å². The third kappa shape index (κ3) is 2.98. The maximum atomic E-state index is 12.8. The minimum absolute atomic E-state index is 0.00436. The summed E-state index contributed by atoms with van der Waals surface area (Å²) >= 11 is 0. The van der Waals surface area contributed by atoms with Gasteiger partial charge in [-0.25, -0.2) is 4.98 Å². The second kappa shape index (κ2) is 6.99. The van der Waals surface area contributed by atoms with Gasteiger partial charge in [0.05, 0.1) is 32.6 Å². The van der Waals surface area contributed by atoms with Crippen LogP contribution >= 0.6 is 0 Å². The van der Waals surface area contributed by atoms with Gasteiger partial charge >= 0.3 is 0 Å². The van der Waals surface area contributed by atoms with Gasteiger partial charge in [-0.15, -0.1) is 0 Å². The number of anilines is 1. The first kappa shape index (κ1) is 18.0. The van der Waals surface area contributed by atoms with E-state index in [1.165, 1.54) is 0 Å². The monoisotopic (exact) mass is 378 g/mol. The molecule has 7 heteroatoms. The van der Waals surface area contributed by atoms with E-state index in [0.29, 0.717) is 18.2 Å². The van der Waals surface area contributed by atoms with Gasteiger partial charge in [0.15, 0.2) is 5.75 Å². The molecule has 0 saturated heterocycles. The zero-order chi connectivity index (χ0) is 19.8. The standard InChI is InChI=1S/C21H22N4O3/c1-13(2)25-12-17(10-23-25)24-11-16-7-14(5-6-18(16)21(24)26)15-8-19(27-3)20(28-4)22-9-15/h5-10,12-13H,11H2,1-4H3. The molecule has 2 aromatic heterocycles. The molecule has 0 radical (unpaired) electrons. The summed E-state index contributed by atoms with van der Waals surface area (Å²) in [5.74, 6) is 1.01. The second-order valence-corrected chi connectivity index (χ2v) is 6.97. The van der Waals surface area contributed by atoms with Gasteiger partial charge in [-0.3, -0.25) is 9.48 Å². The van der Waals surface area contributed by atoms with E-state index in [2.05, 4.69) is 23.9 Å². The van der Waals surface area contributed by atoms with Crippen molar-refractivity contribution >= 4 is 11.6 Å². The molecule has 0 atom stereocenters. The number of hydrogen-bond donors (Lipinski definition) is 0. The Morgan fingerprint density at radius 1 is 1.07 bits per heavy atom. The Bertz CT molecular complexity index is 1040. The predicted octanol–water partition coefficient (Wildman–Crippen LogP) is 3.70. The third-order valence-electron chi connectivity index (χ3n) is 4.90. The van der Waals surface area contributed by atoms with Gasteiger partial charge in [0, 0.05) is 29.6 Å². The van der Waals surface area contributed by atoms with E-state index in [1.54, 1.807) is 31.5 Å². The lowest BCUT2D eigenvalue weighted by Crippen LogP contribution is -2.22. The average Bonchev–Trinajstić information content (AvgIpc) is 3.32. The number of benzene rings is 1. The van der Waals surface area contributed by atoms with Crippen molar-refractivity contribution in [3.8, 4) is 22.8 Å². The fraction of sp³-hybridized carbons (Fsp3) is 0.286. The van der Waals surface area contributed by atoms with Crippen LogP contribution < -0.4 is 14.4 Å². The van der Waals surface area contributed by atoms with Gasteiger partial charge < -0.3 is 14.4 Å². The Morgan fingerprint density at radius 2 is 1.89 bits per heavy atom. The minimum Gasteiger partial charge on any atom is -0.491 e. The summed E-state index contributed by atoms with van der Waals surface area (Å²) in [5, 5.41) is 4.35. The van der Waals surface area contributed by atoms with Crippen molar-refractivity contribution in [1.29, 1.82) is 0 Å². The first-order valence-corrected chi connectivity index (χ1v) is 9.09. The van der Waals surface area contributed by atoms with E-state index < -0.39 is 0 Å². The van der Waals surface area contributed by atoms with Crippen molar-refractivity contribution < 1.29 is 14.3 Å². The molecule has 0 N–H and O–H groups in total. The lowest BCUT2D eigenvalue weighted by molar-refractivity contribution is 0.0996. The number of rotatable bonds is 5. The van der Waals surface area contributed by atoms with Crippen LogP contribution in [0, 0.1) is 0 Å². The van der Waals surface area contributed by atoms with Crippen LogP contribution in [-0.2, 0) is 6.54 Å². The minimum atomic E-state index is -0.00436. The van der Waals surface area contributed by atoms with Crippen molar-refractivity contribution in [3.05, 3.63) is 54.0 Å². The highest BCUT2D eigenvalue weighted by Gasteiger charge is 2.29. The zero-order valence-electron chi connectivity index (χ0n) is 16.3. The normalized spacial score (nSPS) is 13.2.